The third kappa shape index (κ3) is 3.92. The number of hydrogen-bond acceptors (Lipinski definition) is 2. The van der Waals surface area contributed by atoms with Crippen molar-refractivity contribution in [2.75, 3.05) is 0 Å². The lowest BCUT2D eigenvalue weighted by Crippen LogP contribution is -2.38. The van der Waals surface area contributed by atoms with Crippen molar-refractivity contribution in [1.29, 1.82) is 0 Å². The summed E-state index contributed by atoms with van der Waals surface area (Å²) in [6.45, 7) is 5.25. The number of carbonyl (C=O) groups is 1. The second-order valence-electron chi connectivity index (χ2n) is 8.42. The maximum absolute atomic E-state index is 15.0. The van der Waals surface area contributed by atoms with Gasteiger partial charge in [0.2, 0.25) is 0 Å². The summed E-state index contributed by atoms with van der Waals surface area (Å²) in [6.07, 6.45) is 3.07. The molecule has 1 saturated carbocycles. The lowest BCUT2D eigenvalue weighted by atomic mass is 9.75. The summed E-state index contributed by atoms with van der Waals surface area (Å²) in [4.78, 5) is 28.2. The molecule has 0 bridgehead atoms. The summed E-state index contributed by atoms with van der Waals surface area (Å²) in [5.74, 6) is -0.290. The van der Waals surface area contributed by atoms with Crippen LogP contribution in [0.15, 0.2) is 53.3 Å². The third-order valence-corrected chi connectivity index (χ3v) is 6.53. The summed E-state index contributed by atoms with van der Waals surface area (Å²) in [6, 6.07) is 14.2. The fourth-order valence-electron chi connectivity index (χ4n) is 4.45. The Kier molecular flexibility index (Phi) is 5.77. The molecule has 5 heteroatoms. The number of nitrogens with one attached hydrogen (secondary N) is 2. The van der Waals surface area contributed by atoms with Crippen LogP contribution in [0.1, 0.15) is 58.0 Å². The average Bonchev–Trinajstić information content (AvgIpc) is 2.71. The van der Waals surface area contributed by atoms with Crippen LogP contribution in [0.3, 0.4) is 0 Å². The van der Waals surface area contributed by atoms with Crippen LogP contribution in [-0.4, -0.2) is 10.9 Å². The fraction of sp³-hybridized carbons (Fsp3) is 0.308. The highest BCUT2D eigenvalue weighted by molar-refractivity contribution is 5.97. The Morgan fingerprint density at radius 3 is 2.39 bits per heavy atom. The minimum absolute atomic E-state index is 0.182. The van der Waals surface area contributed by atoms with Crippen molar-refractivity contribution in [2.45, 2.75) is 46.1 Å². The molecule has 0 spiro atoms. The number of H-pyrrole nitrogens is 1. The van der Waals surface area contributed by atoms with E-state index in [1.165, 1.54) is 6.07 Å². The van der Waals surface area contributed by atoms with Gasteiger partial charge in [-0.05, 0) is 62.3 Å². The summed E-state index contributed by atoms with van der Waals surface area (Å²) in [7, 11) is 0. The molecule has 4 nitrogen and oxygen atoms in total. The molecular formula is C26H27FN2O2. The van der Waals surface area contributed by atoms with Crippen LogP contribution in [-0.2, 0) is 0 Å². The maximum atomic E-state index is 15.0. The highest BCUT2D eigenvalue weighted by Gasteiger charge is 2.33. The number of hydrogen-bond donors (Lipinski definition) is 2. The standard InChI is InChI=1S/C26H27FN2O2/c1-15-16(2)25(30)28-17(3)22(15)26(31)29-24(19-11-7-12-19)20-13-8-14-21(27)23(20)18-9-5-4-6-10-18/h4-6,8-10,13-14,19,24H,7,11-12H2,1-3H3,(H,28,30)(H,29,31)/t24-/m0/s1. The monoisotopic (exact) mass is 418 g/mol. The molecule has 1 fully saturated rings. The van der Waals surface area contributed by atoms with E-state index in [0.29, 0.717) is 27.9 Å². The van der Waals surface area contributed by atoms with E-state index in [2.05, 4.69) is 10.3 Å². The Hall–Kier alpha value is -3.21. The van der Waals surface area contributed by atoms with Crippen LogP contribution in [0.25, 0.3) is 11.1 Å². The number of benzene rings is 2. The number of aryl methyl sites for hydroxylation is 1. The van der Waals surface area contributed by atoms with E-state index in [-0.39, 0.29) is 29.2 Å². The summed E-state index contributed by atoms with van der Waals surface area (Å²) in [5, 5.41) is 3.19. The van der Waals surface area contributed by atoms with Gasteiger partial charge >= 0.3 is 0 Å². The summed E-state index contributed by atoms with van der Waals surface area (Å²) >= 11 is 0. The quantitative estimate of drug-likeness (QED) is 0.585. The van der Waals surface area contributed by atoms with Gasteiger partial charge in [-0.25, -0.2) is 4.39 Å². The predicted molar refractivity (Wildman–Crippen MR) is 121 cm³/mol. The van der Waals surface area contributed by atoms with Gasteiger partial charge in [-0.3, -0.25) is 9.59 Å². The van der Waals surface area contributed by atoms with Gasteiger partial charge < -0.3 is 10.3 Å². The van der Waals surface area contributed by atoms with Crippen LogP contribution in [0.4, 0.5) is 4.39 Å². The van der Waals surface area contributed by atoms with Gasteiger partial charge in [-0.1, -0.05) is 48.9 Å². The van der Waals surface area contributed by atoms with Gasteiger partial charge in [0.1, 0.15) is 5.82 Å². The number of aromatic nitrogens is 1. The average molecular weight is 419 g/mol. The topological polar surface area (TPSA) is 62.0 Å². The van der Waals surface area contributed by atoms with E-state index in [4.69, 9.17) is 0 Å². The number of pyridine rings is 1. The number of amides is 1. The molecule has 1 atom stereocenters. The molecule has 160 valence electrons. The normalized spacial score (nSPS) is 14.7. The molecule has 0 aliphatic heterocycles. The number of rotatable bonds is 5. The molecule has 31 heavy (non-hydrogen) atoms. The van der Waals surface area contributed by atoms with Crippen molar-refractivity contribution >= 4 is 5.91 Å². The molecule has 1 heterocycles. The summed E-state index contributed by atoms with van der Waals surface area (Å²) in [5.41, 5.74) is 4.17. The Labute approximate surface area is 181 Å². The Morgan fingerprint density at radius 1 is 1.03 bits per heavy atom. The number of halogens is 1. The molecule has 1 aliphatic carbocycles. The highest BCUT2D eigenvalue weighted by Crippen LogP contribution is 2.42. The van der Waals surface area contributed by atoms with Crippen molar-refractivity contribution in [3.8, 4) is 11.1 Å². The van der Waals surface area contributed by atoms with Gasteiger partial charge in [-0.2, -0.15) is 0 Å². The zero-order valence-electron chi connectivity index (χ0n) is 18.1. The molecule has 1 aliphatic rings. The predicted octanol–water partition coefficient (Wildman–Crippen LogP) is 5.38. The smallest absolute Gasteiger partial charge is 0.253 e. The molecule has 1 amide bonds. The van der Waals surface area contributed by atoms with E-state index in [0.717, 1.165) is 30.4 Å². The first-order valence-corrected chi connectivity index (χ1v) is 10.7. The van der Waals surface area contributed by atoms with E-state index in [1.54, 1.807) is 26.8 Å². The molecule has 3 aromatic rings. The van der Waals surface area contributed by atoms with Crippen LogP contribution >= 0.6 is 0 Å². The van der Waals surface area contributed by atoms with E-state index in [1.807, 2.05) is 36.4 Å². The van der Waals surface area contributed by atoms with Crippen molar-refractivity contribution in [2.24, 2.45) is 5.92 Å². The van der Waals surface area contributed by atoms with Gasteiger partial charge in [-0.15, -0.1) is 0 Å². The Morgan fingerprint density at radius 2 is 1.74 bits per heavy atom. The number of aromatic amines is 1. The first-order chi connectivity index (χ1) is 14.9. The van der Waals surface area contributed by atoms with Crippen molar-refractivity contribution < 1.29 is 9.18 Å². The van der Waals surface area contributed by atoms with E-state index < -0.39 is 0 Å². The summed E-state index contributed by atoms with van der Waals surface area (Å²) < 4.78 is 15.0. The molecule has 2 N–H and O–H groups in total. The van der Waals surface area contributed by atoms with Gasteiger partial charge in [0.05, 0.1) is 11.6 Å². The van der Waals surface area contributed by atoms with Gasteiger partial charge in [0, 0.05) is 16.8 Å². The second-order valence-corrected chi connectivity index (χ2v) is 8.42. The highest BCUT2D eigenvalue weighted by atomic mass is 19.1. The lowest BCUT2D eigenvalue weighted by molar-refractivity contribution is 0.0899. The minimum atomic E-state index is -0.307. The molecule has 4 rings (SSSR count). The Bertz CT molecular complexity index is 1180. The van der Waals surface area contributed by atoms with Crippen molar-refractivity contribution in [3.05, 3.63) is 92.6 Å². The van der Waals surface area contributed by atoms with Crippen LogP contribution in [0, 0.1) is 32.5 Å². The SMILES string of the molecule is Cc1[nH]c(=O)c(C)c(C)c1C(=O)N[C@H](c1cccc(F)c1-c1ccccc1)C1CCC1. The zero-order valence-corrected chi connectivity index (χ0v) is 18.1. The lowest BCUT2D eigenvalue weighted by Gasteiger charge is -2.36. The minimum Gasteiger partial charge on any atom is -0.345 e. The van der Waals surface area contributed by atoms with E-state index >= 15 is 4.39 Å². The number of carbonyl (C=O) groups excluding carboxylic acids is 1. The molecule has 0 unspecified atom stereocenters. The molecule has 2 aromatic carbocycles. The molecule has 0 saturated heterocycles. The van der Waals surface area contributed by atoms with E-state index in [9.17, 15) is 9.59 Å². The van der Waals surface area contributed by atoms with Crippen molar-refractivity contribution in [3.63, 3.8) is 0 Å². The first-order valence-electron chi connectivity index (χ1n) is 10.7. The Balaban J connectivity index is 1.78. The van der Waals surface area contributed by atoms with Gasteiger partial charge in [0.25, 0.3) is 11.5 Å². The van der Waals surface area contributed by atoms with Crippen LogP contribution < -0.4 is 10.9 Å². The molecule has 1 aromatic heterocycles. The molecule has 0 radical (unpaired) electrons. The van der Waals surface area contributed by atoms with Crippen LogP contribution in [0.5, 0.6) is 0 Å². The van der Waals surface area contributed by atoms with Gasteiger partial charge in [0.15, 0.2) is 0 Å². The largest absolute Gasteiger partial charge is 0.345 e. The van der Waals surface area contributed by atoms with Crippen LogP contribution in [0.2, 0.25) is 0 Å². The zero-order chi connectivity index (χ0) is 22.1. The first kappa shape index (κ1) is 21.0. The third-order valence-electron chi connectivity index (χ3n) is 6.53. The second kappa shape index (κ2) is 8.50. The van der Waals surface area contributed by atoms with Crippen molar-refractivity contribution in [1.82, 2.24) is 10.3 Å². The molecular weight excluding hydrogens is 391 g/mol. The maximum Gasteiger partial charge on any atom is 0.253 e. The fourth-order valence-corrected chi connectivity index (χ4v) is 4.45.